The Bertz CT molecular complexity index is 1180. The first-order chi connectivity index (χ1) is 13.6. The van der Waals surface area contributed by atoms with Crippen molar-refractivity contribution in [3.05, 3.63) is 50.4 Å². The Morgan fingerprint density at radius 1 is 1.29 bits per heavy atom. The number of allylic oxidation sites excluding steroid dienone is 1. The molecule has 28 heavy (non-hydrogen) atoms. The van der Waals surface area contributed by atoms with Gasteiger partial charge in [-0.3, -0.25) is 4.79 Å². The molecule has 2 heterocycles. The number of aromatic amines is 1. The molecule has 0 atom stereocenters. The van der Waals surface area contributed by atoms with Crippen molar-refractivity contribution >= 4 is 33.2 Å². The molecule has 1 aromatic carbocycles. The number of aromatic nitrogens is 2. The van der Waals surface area contributed by atoms with Gasteiger partial charge in [0.1, 0.15) is 22.4 Å². The van der Waals surface area contributed by atoms with Crippen LogP contribution in [0.3, 0.4) is 0 Å². The molecule has 1 N–H and O–H groups in total. The molecule has 7 heteroatoms. The molecule has 0 saturated carbocycles. The van der Waals surface area contributed by atoms with Crippen molar-refractivity contribution in [1.29, 1.82) is 5.26 Å². The average Bonchev–Trinajstić information content (AvgIpc) is 3.10. The number of benzene rings is 1. The molecule has 0 aliphatic heterocycles. The minimum absolute atomic E-state index is 0.178. The van der Waals surface area contributed by atoms with Crippen LogP contribution in [0.4, 0.5) is 0 Å². The normalized spacial score (nSPS) is 13.8. The van der Waals surface area contributed by atoms with Crippen LogP contribution < -0.4 is 15.0 Å². The molecule has 0 fully saturated rings. The third kappa shape index (κ3) is 3.16. The maximum Gasteiger partial charge on any atom is 0.260 e. The number of fused-ring (bicyclic) bond motifs is 3. The van der Waals surface area contributed by atoms with Gasteiger partial charge in [0, 0.05) is 16.5 Å². The van der Waals surface area contributed by atoms with Crippen LogP contribution in [0.1, 0.15) is 34.7 Å². The number of rotatable bonds is 4. The smallest absolute Gasteiger partial charge is 0.260 e. The number of H-pyrrole nitrogens is 1. The molecule has 4 rings (SSSR count). The predicted molar refractivity (Wildman–Crippen MR) is 110 cm³/mol. The Morgan fingerprint density at radius 3 is 2.86 bits per heavy atom. The monoisotopic (exact) mass is 393 g/mol. The molecule has 0 unspecified atom stereocenters. The molecule has 6 nitrogen and oxygen atoms in total. The lowest BCUT2D eigenvalue weighted by Gasteiger charge is -2.09. The van der Waals surface area contributed by atoms with E-state index >= 15 is 0 Å². The molecular weight excluding hydrogens is 374 g/mol. The molecule has 0 bridgehead atoms. The van der Waals surface area contributed by atoms with E-state index in [1.165, 1.54) is 4.88 Å². The van der Waals surface area contributed by atoms with Gasteiger partial charge in [0.05, 0.1) is 25.2 Å². The van der Waals surface area contributed by atoms with E-state index in [0.717, 1.165) is 31.2 Å². The van der Waals surface area contributed by atoms with Gasteiger partial charge in [-0.1, -0.05) is 0 Å². The summed E-state index contributed by atoms with van der Waals surface area (Å²) in [5, 5.41) is 10.4. The van der Waals surface area contributed by atoms with Crippen molar-refractivity contribution < 1.29 is 9.47 Å². The zero-order chi connectivity index (χ0) is 19.7. The van der Waals surface area contributed by atoms with E-state index in [1.54, 1.807) is 49.8 Å². The van der Waals surface area contributed by atoms with Crippen LogP contribution in [-0.4, -0.2) is 24.2 Å². The first kappa shape index (κ1) is 18.3. The summed E-state index contributed by atoms with van der Waals surface area (Å²) in [5.41, 5.74) is 1.93. The van der Waals surface area contributed by atoms with Crippen molar-refractivity contribution in [3.8, 4) is 17.6 Å². The zero-order valence-electron chi connectivity index (χ0n) is 15.7. The molecule has 3 aromatic rings. The first-order valence-electron chi connectivity index (χ1n) is 9.03. The highest BCUT2D eigenvalue weighted by molar-refractivity contribution is 7.18. The number of aryl methyl sites for hydroxylation is 2. The van der Waals surface area contributed by atoms with Crippen LogP contribution in [0.25, 0.3) is 21.9 Å². The molecule has 2 aromatic heterocycles. The maximum atomic E-state index is 12.7. The Kier molecular flexibility index (Phi) is 4.88. The van der Waals surface area contributed by atoms with Crippen molar-refractivity contribution in [2.75, 3.05) is 14.2 Å². The standard InChI is InChI=1S/C21H19N3O3S/c1-26-14-8-7-12(16(10-14)27-2)9-13(11-22)19-23-20(25)18-15-5-3-4-6-17(15)28-21(18)24-19/h7-10H,3-6H2,1-2H3,(H,23,24,25)/b13-9-. The third-order valence-electron chi connectivity index (χ3n) is 4.94. The van der Waals surface area contributed by atoms with E-state index in [-0.39, 0.29) is 17.0 Å². The lowest BCUT2D eigenvalue weighted by Crippen LogP contribution is -2.12. The highest BCUT2D eigenvalue weighted by Gasteiger charge is 2.20. The van der Waals surface area contributed by atoms with Crippen LogP contribution in [-0.2, 0) is 12.8 Å². The number of thiophene rings is 1. The molecule has 1 aliphatic rings. The summed E-state index contributed by atoms with van der Waals surface area (Å²) in [4.78, 5) is 22.1. The number of nitrogens with zero attached hydrogens (tertiary/aromatic N) is 2. The lowest BCUT2D eigenvalue weighted by atomic mass is 9.97. The van der Waals surface area contributed by atoms with Crippen LogP contribution >= 0.6 is 11.3 Å². The second-order valence-corrected chi connectivity index (χ2v) is 7.67. The van der Waals surface area contributed by atoms with E-state index in [9.17, 15) is 10.1 Å². The van der Waals surface area contributed by atoms with Crippen LogP contribution in [0.15, 0.2) is 23.0 Å². The second-order valence-electron chi connectivity index (χ2n) is 6.58. The molecule has 1 aliphatic carbocycles. The van der Waals surface area contributed by atoms with Gasteiger partial charge in [0.2, 0.25) is 0 Å². The van der Waals surface area contributed by atoms with E-state index < -0.39 is 0 Å². The largest absolute Gasteiger partial charge is 0.497 e. The zero-order valence-corrected chi connectivity index (χ0v) is 16.5. The van der Waals surface area contributed by atoms with E-state index in [2.05, 4.69) is 16.0 Å². The number of methoxy groups -OCH3 is 2. The molecular formula is C21H19N3O3S. The van der Waals surface area contributed by atoms with E-state index in [1.807, 2.05) is 0 Å². The number of ether oxygens (including phenoxy) is 2. The van der Waals surface area contributed by atoms with Gasteiger partial charge >= 0.3 is 0 Å². The summed E-state index contributed by atoms with van der Waals surface area (Å²) in [5.74, 6) is 1.50. The van der Waals surface area contributed by atoms with Gasteiger partial charge in [-0.15, -0.1) is 11.3 Å². The SMILES string of the molecule is COc1ccc(/C=C(/C#N)c2nc3sc4c(c3c(=O)[nH]2)CCCC4)c(OC)c1. The minimum atomic E-state index is -0.178. The average molecular weight is 393 g/mol. The molecule has 0 spiro atoms. The highest BCUT2D eigenvalue weighted by atomic mass is 32.1. The summed E-state index contributed by atoms with van der Waals surface area (Å²) >= 11 is 1.57. The summed E-state index contributed by atoms with van der Waals surface area (Å²) in [6, 6.07) is 7.48. The molecule has 142 valence electrons. The first-order valence-corrected chi connectivity index (χ1v) is 9.85. The fourth-order valence-electron chi connectivity index (χ4n) is 3.54. The number of nitriles is 1. The lowest BCUT2D eigenvalue weighted by molar-refractivity contribution is 0.394. The van der Waals surface area contributed by atoms with Gasteiger partial charge in [-0.25, -0.2) is 4.98 Å². The third-order valence-corrected chi connectivity index (χ3v) is 6.13. The predicted octanol–water partition coefficient (Wildman–Crippen LogP) is 3.94. The molecule has 0 radical (unpaired) electrons. The minimum Gasteiger partial charge on any atom is -0.497 e. The van der Waals surface area contributed by atoms with Crippen molar-refractivity contribution in [2.45, 2.75) is 25.7 Å². The van der Waals surface area contributed by atoms with Crippen molar-refractivity contribution in [1.82, 2.24) is 9.97 Å². The van der Waals surface area contributed by atoms with Gasteiger partial charge in [-0.05, 0) is 49.5 Å². The van der Waals surface area contributed by atoms with Crippen LogP contribution in [0, 0.1) is 11.3 Å². The summed E-state index contributed by atoms with van der Waals surface area (Å²) < 4.78 is 10.6. The Labute approximate surface area is 166 Å². The topological polar surface area (TPSA) is 88.0 Å². The number of hydrogen-bond acceptors (Lipinski definition) is 6. The Morgan fingerprint density at radius 2 is 2.11 bits per heavy atom. The van der Waals surface area contributed by atoms with Gasteiger partial charge in [0.25, 0.3) is 5.56 Å². The fourth-order valence-corrected chi connectivity index (χ4v) is 4.80. The summed E-state index contributed by atoms with van der Waals surface area (Å²) in [6.07, 6.45) is 5.82. The Hall–Kier alpha value is -3.11. The number of nitrogens with one attached hydrogen (secondary N) is 1. The van der Waals surface area contributed by atoms with Crippen molar-refractivity contribution in [2.24, 2.45) is 0 Å². The fraction of sp³-hybridized carbons (Fsp3) is 0.286. The number of hydrogen-bond donors (Lipinski definition) is 1. The molecule has 0 saturated heterocycles. The van der Waals surface area contributed by atoms with Gasteiger partial charge in [0.15, 0.2) is 5.82 Å². The maximum absolute atomic E-state index is 12.7. The van der Waals surface area contributed by atoms with Gasteiger partial charge < -0.3 is 14.5 Å². The quantitative estimate of drug-likeness (QED) is 0.678. The molecule has 0 amide bonds. The van der Waals surface area contributed by atoms with Crippen LogP contribution in [0.2, 0.25) is 0 Å². The van der Waals surface area contributed by atoms with E-state index in [0.29, 0.717) is 27.3 Å². The van der Waals surface area contributed by atoms with Crippen molar-refractivity contribution in [3.63, 3.8) is 0 Å². The second kappa shape index (κ2) is 7.49. The summed E-state index contributed by atoms with van der Waals surface area (Å²) in [7, 11) is 3.13. The van der Waals surface area contributed by atoms with Crippen LogP contribution in [0.5, 0.6) is 11.5 Å². The van der Waals surface area contributed by atoms with E-state index in [4.69, 9.17) is 9.47 Å². The highest BCUT2D eigenvalue weighted by Crippen LogP contribution is 2.34. The summed E-state index contributed by atoms with van der Waals surface area (Å²) in [6.45, 7) is 0. The Balaban J connectivity index is 1.83. The van der Waals surface area contributed by atoms with Gasteiger partial charge in [-0.2, -0.15) is 5.26 Å².